The van der Waals surface area contributed by atoms with Crippen LogP contribution in [0.5, 0.6) is 0 Å². The number of hydrogen-bond donors (Lipinski definition) is 2. The molecule has 198 valence electrons. The molecule has 0 aromatic carbocycles. The molecule has 33 heavy (non-hydrogen) atoms. The Bertz CT molecular complexity index is 455. The lowest BCUT2D eigenvalue weighted by Crippen LogP contribution is -2.35. The normalized spacial score (nSPS) is 13.0. The average Bonchev–Trinajstić information content (AvgIpc) is 2.75. The van der Waals surface area contributed by atoms with E-state index in [4.69, 9.17) is 10.2 Å². The molecule has 0 aromatic heterocycles. The lowest BCUT2D eigenvalue weighted by atomic mass is 10.0. The Morgan fingerprint density at radius 1 is 0.576 bits per heavy atom. The maximum Gasteiger partial charge on any atom is 0.320 e. The van der Waals surface area contributed by atoms with Gasteiger partial charge in [-0.15, -0.1) is 0 Å². The van der Waals surface area contributed by atoms with Crippen LogP contribution in [-0.2, 0) is 9.59 Å². The number of aliphatic carboxylic acids is 2. The molecule has 0 aromatic rings. The van der Waals surface area contributed by atoms with Crippen molar-refractivity contribution in [1.82, 2.24) is 9.80 Å². The molecule has 0 bridgehead atoms. The third-order valence-corrected chi connectivity index (χ3v) is 6.37. The van der Waals surface area contributed by atoms with Crippen LogP contribution < -0.4 is 0 Å². The van der Waals surface area contributed by atoms with Gasteiger partial charge in [0, 0.05) is 0 Å². The number of hydrogen-bond acceptors (Lipinski definition) is 4. The zero-order valence-electron chi connectivity index (χ0n) is 22.8. The van der Waals surface area contributed by atoms with Crippen molar-refractivity contribution >= 4 is 11.9 Å². The molecule has 6 heteroatoms. The minimum atomic E-state index is -0.782. The number of nitrogens with zero attached hydrogens (tertiary/aromatic N) is 2. The molecule has 0 rings (SSSR count). The number of carbonyl (C=O) groups is 2. The van der Waals surface area contributed by atoms with Crippen molar-refractivity contribution < 1.29 is 19.8 Å². The summed E-state index contributed by atoms with van der Waals surface area (Å²) in [6.07, 6.45) is 22.5. The topological polar surface area (TPSA) is 81.1 Å². The quantitative estimate of drug-likeness (QED) is 0.181. The number of rotatable bonds is 21. The second kappa shape index (κ2) is 24.0. The maximum absolute atomic E-state index is 11.1. The molecule has 0 aliphatic heterocycles. The molecular weight excluding hydrogens is 416 g/mol. The lowest BCUT2D eigenvalue weighted by Gasteiger charge is -2.19. The fourth-order valence-corrected chi connectivity index (χ4v) is 3.71. The van der Waals surface area contributed by atoms with Crippen LogP contribution in [0.25, 0.3) is 0 Å². The van der Waals surface area contributed by atoms with E-state index in [1.165, 1.54) is 96.3 Å². The van der Waals surface area contributed by atoms with Gasteiger partial charge in [0.05, 0.1) is 0 Å². The van der Waals surface area contributed by atoms with Gasteiger partial charge in [0.15, 0.2) is 0 Å². The standard InChI is InChI=1S/C22H45NO2.C5H11NO2/c1-4-5-6-7-8-9-10-11-12-13-14-15-16-17-18-19-20-21(22(24)25)23(2)3;1-4(5(7)8)6(2)3/h21H,4-20H2,1-3H3,(H,24,25);4H,1-3H3,(H,7,8). The first kappa shape index (κ1) is 34.0. The van der Waals surface area contributed by atoms with Gasteiger partial charge in [-0.2, -0.15) is 0 Å². The summed E-state index contributed by atoms with van der Waals surface area (Å²) in [5, 5.41) is 17.4. The molecule has 2 unspecified atom stereocenters. The van der Waals surface area contributed by atoms with Gasteiger partial charge in [0.1, 0.15) is 12.1 Å². The predicted octanol–water partition coefficient (Wildman–Crippen LogP) is 6.67. The maximum atomic E-state index is 11.1. The van der Waals surface area contributed by atoms with Crippen molar-refractivity contribution in [2.75, 3.05) is 28.2 Å². The Balaban J connectivity index is 0. The van der Waals surface area contributed by atoms with E-state index in [-0.39, 0.29) is 12.1 Å². The van der Waals surface area contributed by atoms with Crippen molar-refractivity contribution in [1.29, 1.82) is 0 Å². The third-order valence-electron chi connectivity index (χ3n) is 6.37. The largest absolute Gasteiger partial charge is 0.480 e. The third kappa shape index (κ3) is 23.8. The second-order valence-electron chi connectivity index (χ2n) is 9.89. The number of unbranched alkanes of at least 4 members (excludes halogenated alkanes) is 15. The Morgan fingerprint density at radius 3 is 1.12 bits per heavy atom. The monoisotopic (exact) mass is 472 g/mol. The second-order valence-corrected chi connectivity index (χ2v) is 9.89. The van der Waals surface area contributed by atoms with E-state index in [1.807, 2.05) is 19.0 Å². The summed E-state index contributed by atoms with van der Waals surface area (Å²) in [7, 11) is 7.17. The van der Waals surface area contributed by atoms with Crippen molar-refractivity contribution in [3.8, 4) is 0 Å². The van der Waals surface area contributed by atoms with Crippen molar-refractivity contribution in [3.05, 3.63) is 0 Å². The first-order valence-electron chi connectivity index (χ1n) is 13.4. The van der Waals surface area contributed by atoms with Crippen LogP contribution in [0.3, 0.4) is 0 Å². The van der Waals surface area contributed by atoms with Gasteiger partial charge in [-0.05, 0) is 41.5 Å². The molecule has 0 saturated heterocycles. The summed E-state index contributed by atoms with van der Waals surface area (Å²) < 4.78 is 0. The van der Waals surface area contributed by atoms with E-state index in [2.05, 4.69) is 6.92 Å². The van der Waals surface area contributed by atoms with E-state index in [0.717, 1.165) is 12.8 Å². The van der Waals surface area contributed by atoms with E-state index in [0.29, 0.717) is 0 Å². The van der Waals surface area contributed by atoms with Crippen molar-refractivity contribution in [2.24, 2.45) is 0 Å². The van der Waals surface area contributed by atoms with Crippen molar-refractivity contribution in [2.45, 2.75) is 135 Å². The Labute approximate surface area is 205 Å². The zero-order chi connectivity index (χ0) is 25.5. The first-order chi connectivity index (χ1) is 15.6. The molecular formula is C27H56N2O4. The van der Waals surface area contributed by atoms with Gasteiger partial charge in [-0.1, -0.05) is 110 Å². The molecule has 0 spiro atoms. The number of likely N-dealkylation sites (N-methyl/N-ethyl adjacent to an activating group) is 2. The molecule has 0 heterocycles. The van der Waals surface area contributed by atoms with Crippen LogP contribution in [0.15, 0.2) is 0 Å². The number of carboxylic acids is 2. The summed E-state index contributed by atoms with van der Waals surface area (Å²) >= 11 is 0. The Hall–Kier alpha value is -1.14. The molecule has 0 fully saturated rings. The molecule has 0 radical (unpaired) electrons. The highest BCUT2D eigenvalue weighted by Gasteiger charge is 2.18. The van der Waals surface area contributed by atoms with Gasteiger partial charge in [0.2, 0.25) is 0 Å². The van der Waals surface area contributed by atoms with Crippen LogP contribution in [0.4, 0.5) is 0 Å². The minimum Gasteiger partial charge on any atom is -0.480 e. The predicted molar refractivity (Wildman–Crippen MR) is 140 cm³/mol. The van der Waals surface area contributed by atoms with Gasteiger partial charge >= 0.3 is 11.9 Å². The SMILES string of the molecule is CC(C(=O)O)N(C)C.CCCCCCCCCCCCCCCCCCC(C(=O)O)N(C)C. The number of carboxylic acid groups (broad SMARTS) is 2. The molecule has 0 amide bonds. The Morgan fingerprint density at radius 2 is 0.909 bits per heavy atom. The zero-order valence-corrected chi connectivity index (χ0v) is 22.8. The highest BCUT2D eigenvalue weighted by Crippen LogP contribution is 2.15. The summed E-state index contributed by atoms with van der Waals surface area (Å²) in [5.74, 6) is -1.47. The molecule has 0 aliphatic carbocycles. The van der Waals surface area contributed by atoms with Crippen LogP contribution >= 0.6 is 0 Å². The van der Waals surface area contributed by atoms with Crippen molar-refractivity contribution in [3.63, 3.8) is 0 Å². The minimum absolute atomic E-state index is 0.313. The molecule has 2 atom stereocenters. The highest BCUT2D eigenvalue weighted by molar-refractivity contribution is 5.73. The van der Waals surface area contributed by atoms with Gasteiger partial charge in [-0.25, -0.2) is 0 Å². The van der Waals surface area contributed by atoms with Crippen LogP contribution in [0.2, 0.25) is 0 Å². The summed E-state index contributed by atoms with van der Waals surface area (Å²) in [5.41, 5.74) is 0. The molecule has 6 nitrogen and oxygen atoms in total. The van der Waals surface area contributed by atoms with E-state index in [1.54, 1.807) is 25.9 Å². The fraction of sp³-hybridized carbons (Fsp3) is 0.926. The highest BCUT2D eigenvalue weighted by atomic mass is 16.4. The Kier molecular flexibility index (Phi) is 24.7. The van der Waals surface area contributed by atoms with Gasteiger partial charge in [-0.3, -0.25) is 19.4 Å². The van der Waals surface area contributed by atoms with Gasteiger partial charge < -0.3 is 10.2 Å². The first-order valence-corrected chi connectivity index (χ1v) is 13.4. The van der Waals surface area contributed by atoms with Crippen LogP contribution in [-0.4, -0.2) is 72.2 Å². The molecule has 0 aliphatic rings. The van der Waals surface area contributed by atoms with E-state index < -0.39 is 11.9 Å². The molecule has 0 saturated carbocycles. The van der Waals surface area contributed by atoms with E-state index in [9.17, 15) is 9.59 Å². The van der Waals surface area contributed by atoms with E-state index >= 15 is 0 Å². The molecule has 2 N–H and O–H groups in total. The van der Waals surface area contributed by atoms with Crippen LogP contribution in [0, 0.1) is 0 Å². The fourth-order valence-electron chi connectivity index (χ4n) is 3.71. The summed E-state index contributed by atoms with van der Waals surface area (Å²) in [4.78, 5) is 24.6. The summed E-state index contributed by atoms with van der Waals surface area (Å²) in [6, 6.07) is -0.693. The average molecular weight is 473 g/mol. The smallest absolute Gasteiger partial charge is 0.320 e. The van der Waals surface area contributed by atoms with Crippen LogP contribution in [0.1, 0.15) is 123 Å². The summed E-state index contributed by atoms with van der Waals surface area (Å²) in [6.45, 7) is 3.92. The lowest BCUT2D eigenvalue weighted by molar-refractivity contribution is -0.143. The van der Waals surface area contributed by atoms with Gasteiger partial charge in [0.25, 0.3) is 0 Å².